The standard InChI is InChI=1S/C15H15BrN2O2/c1-19-12-5-3-4-10(14(12)20-2)11-8-13(16)18-15(17-11)9-6-7-9/h3-5,8-9H,6-7H2,1-2H3. The minimum Gasteiger partial charge on any atom is -0.493 e. The molecule has 5 heteroatoms. The van der Waals surface area contributed by atoms with Crippen LogP contribution in [0.25, 0.3) is 11.3 Å². The van der Waals surface area contributed by atoms with E-state index in [0.29, 0.717) is 17.4 Å². The van der Waals surface area contributed by atoms with Crippen LogP contribution in [0.2, 0.25) is 0 Å². The van der Waals surface area contributed by atoms with Crippen molar-refractivity contribution in [2.45, 2.75) is 18.8 Å². The Morgan fingerprint density at radius 3 is 2.60 bits per heavy atom. The summed E-state index contributed by atoms with van der Waals surface area (Å²) in [5, 5.41) is 0. The highest BCUT2D eigenvalue weighted by Crippen LogP contribution is 2.41. The highest BCUT2D eigenvalue weighted by Gasteiger charge is 2.27. The summed E-state index contributed by atoms with van der Waals surface area (Å²) in [5.74, 6) is 2.80. The first-order valence-electron chi connectivity index (χ1n) is 6.48. The van der Waals surface area contributed by atoms with E-state index in [4.69, 9.17) is 9.47 Å². The summed E-state index contributed by atoms with van der Waals surface area (Å²) in [7, 11) is 3.27. The van der Waals surface area contributed by atoms with E-state index >= 15 is 0 Å². The molecule has 3 rings (SSSR count). The maximum atomic E-state index is 5.48. The van der Waals surface area contributed by atoms with E-state index in [1.807, 2.05) is 24.3 Å². The number of hydrogen-bond donors (Lipinski definition) is 0. The molecule has 104 valence electrons. The highest BCUT2D eigenvalue weighted by molar-refractivity contribution is 9.10. The Morgan fingerprint density at radius 1 is 1.15 bits per heavy atom. The van der Waals surface area contributed by atoms with Crippen molar-refractivity contribution in [1.29, 1.82) is 0 Å². The molecule has 1 aromatic carbocycles. The summed E-state index contributed by atoms with van der Waals surface area (Å²) in [4.78, 5) is 9.13. The average Bonchev–Trinajstić information content (AvgIpc) is 3.30. The van der Waals surface area contributed by atoms with Crippen LogP contribution >= 0.6 is 15.9 Å². The van der Waals surface area contributed by atoms with Gasteiger partial charge < -0.3 is 9.47 Å². The van der Waals surface area contributed by atoms with E-state index in [9.17, 15) is 0 Å². The van der Waals surface area contributed by atoms with Crippen molar-refractivity contribution in [2.24, 2.45) is 0 Å². The predicted molar refractivity (Wildman–Crippen MR) is 80.2 cm³/mol. The third-order valence-corrected chi connectivity index (χ3v) is 3.74. The van der Waals surface area contributed by atoms with Gasteiger partial charge in [-0.2, -0.15) is 0 Å². The van der Waals surface area contributed by atoms with Crippen LogP contribution in [0, 0.1) is 0 Å². The molecule has 0 amide bonds. The summed E-state index contributed by atoms with van der Waals surface area (Å²) in [6.45, 7) is 0. The van der Waals surface area contributed by atoms with Crippen LogP contribution in [-0.2, 0) is 0 Å². The first-order chi connectivity index (χ1) is 9.72. The van der Waals surface area contributed by atoms with E-state index in [-0.39, 0.29) is 0 Å². The number of ether oxygens (including phenoxy) is 2. The number of methoxy groups -OCH3 is 2. The largest absolute Gasteiger partial charge is 0.493 e. The average molecular weight is 335 g/mol. The Labute approximate surface area is 126 Å². The smallest absolute Gasteiger partial charge is 0.170 e. The van der Waals surface area contributed by atoms with Gasteiger partial charge in [0, 0.05) is 11.5 Å². The Balaban J connectivity index is 2.12. The minimum absolute atomic E-state index is 0.503. The lowest BCUT2D eigenvalue weighted by Gasteiger charge is -2.12. The topological polar surface area (TPSA) is 44.2 Å². The van der Waals surface area contributed by atoms with Crippen LogP contribution in [-0.4, -0.2) is 24.2 Å². The molecule has 0 N–H and O–H groups in total. The first-order valence-corrected chi connectivity index (χ1v) is 7.28. The summed E-state index contributed by atoms with van der Waals surface area (Å²) in [6.07, 6.45) is 2.34. The van der Waals surface area contributed by atoms with Gasteiger partial charge in [0.1, 0.15) is 10.4 Å². The Morgan fingerprint density at radius 2 is 1.95 bits per heavy atom. The molecule has 0 atom stereocenters. The van der Waals surface area contributed by atoms with Crippen LogP contribution in [0.5, 0.6) is 11.5 Å². The van der Waals surface area contributed by atoms with E-state index < -0.39 is 0 Å². The summed E-state index contributed by atoms with van der Waals surface area (Å²) >= 11 is 3.47. The van der Waals surface area contributed by atoms with Crippen LogP contribution in [0.15, 0.2) is 28.9 Å². The molecule has 1 fully saturated rings. The second-order valence-electron chi connectivity index (χ2n) is 4.75. The lowest BCUT2D eigenvalue weighted by molar-refractivity contribution is 0.356. The summed E-state index contributed by atoms with van der Waals surface area (Å²) in [6, 6.07) is 7.69. The van der Waals surface area contributed by atoms with Gasteiger partial charge in [-0.3, -0.25) is 0 Å². The molecule has 0 aliphatic heterocycles. The maximum absolute atomic E-state index is 5.48. The molecular formula is C15H15BrN2O2. The quantitative estimate of drug-likeness (QED) is 0.797. The number of para-hydroxylation sites is 1. The molecule has 2 aromatic rings. The third-order valence-electron chi connectivity index (χ3n) is 3.33. The lowest BCUT2D eigenvalue weighted by atomic mass is 10.1. The summed E-state index contributed by atoms with van der Waals surface area (Å²) < 4.78 is 11.6. The van der Waals surface area contributed by atoms with Gasteiger partial charge in [0.05, 0.1) is 19.9 Å². The van der Waals surface area contributed by atoms with Crippen molar-refractivity contribution in [3.8, 4) is 22.8 Å². The number of halogens is 1. The fourth-order valence-corrected chi connectivity index (χ4v) is 2.58. The molecule has 0 unspecified atom stereocenters. The van der Waals surface area contributed by atoms with Crippen LogP contribution in [0.1, 0.15) is 24.6 Å². The van der Waals surface area contributed by atoms with Crippen LogP contribution in [0.3, 0.4) is 0 Å². The van der Waals surface area contributed by atoms with Gasteiger partial charge >= 0.3 is 0 Å². The van der Waals surface area contributed by atoms with Crippen molar-refractivity contribution in [1.82, 2.24) is 9.97 Å². The predicted octanol–water partition coefficient (Wildman–Crippen LogP) is 3.80. The van der Waals surface area contributed by atoms with Gasteiger partial charge in [0.15, 0.2) is 11.5 Å². The second kappa shape index (κ2) is 5.40. The fraction of sp³-hybridized carbons (Fsp3) is 0.333. The molecule has 1 heterocycles. The van der Waals surface area contributed by atoms with Crippen molar-refractivity contribution in [2.75, 3.05) is 14.2 Å². The monoisotopic (exact) mass is 334 g/mol. The zero-order valence-electron chi connectivity index (χ0n) is 11.4. The van der Waals surface area contributed by atoms with Gasteiger partial charge in [0.25, 0.3) is 0 Å². The number of rotatable bonds is 4. The molecule has 20 heavy (non-hydrogen) atoms. The van der Waals surface area contributed by atoms with Gasteiger partial charge in [-0.05, 0) is 47.0 Å². The van der Waals surface area contributed by atoms with Crippen LogP contribution in [0.4, 0.5) is 0 Å². The Bertz CT molecular complexity index is 642. The molecular weight excluding hydrogens is 320 g/mol. The number of aromatic nitrogens is 2. The van der Waals surface area contributed by atoms with E-state index in [2.05, 4.69) is 25.9 Å². The molecule has 1 aromatic heterocycles. The molecule has 1 aliphatic carbocycles. The molecule has 0 saturated heterocycles. The molecule has 0 bridgehead atoms. The van der Waals surface area contributed by atoms with Crippen molar-refractivity contribution >= 4 is 15.9 Å². The first kappa shape index (κ1) is 13.4. The van der Waals surface area contributed by atoms with Gasteiger partial charge in [-0.15, -0.1) is 0 Å². The normalized spacial score (nSPS) is 14.2. The molecule has 4 nitrogen and oxygen atoms in total. The zero-order chi connectivity index (χ0) is 14.1. The second-order valence-corrected chi connectivity index (χ2v) is 5.56. The number of hydrogen-bond acceptors (Lipinski definition) is 4. The number of benzene rings is 1. The zero-order valence-corrected chi connectivity index (χ0v) is 13.0. The lowest BCUT2D eigenvalue weighted by Crippen LogP contribution is -1.98. The molecule has 1 saturated carbocycles. The fourth-order valence-electron chi connectivity index (χ4n) is 2.19. The maximum Gasteiger partial charge on any atom is 0.170 e. The Hall–Kier alpha value is -1.62. The van der Waals surface area contributed by atoms with E-state index in [1.165, 1.54) is 12.8 Å². The number of nitrogens with zero attached hydrogens (tertiary/aromatic N) is 2. The van der Waals surface area contributed by atoms with Crippen LogP contribution < -0.4 is 9.47 Å². The Kier molecular flexibility index (Phi) is 3.61. The molecule has 0 spiro atoms. The van der Waals surface area contributed by atoms with Gasteiger partial charge in [0.2, 0.25) is 0 Å². The van der Waals surface area contributed by atoms with Crippen molar-refractivity contribution in [3.63, 3.8) is 0 Å². The van der Waals surface area contributed by atoms with Crippen molar-refractivity contribution in [3.05, 3.63) is 34.7 Å². The highest BCUT2D eigenvalue weighted by atomic mass is 79.9. The minimum atomic E-state index is 0.503. The van der Waals surface area contributed by atoms with E-state index in [0.717, 1.165) is 21.7 Å². The van der Waals surface area contributed by atoms with Crippen molar-refractivity contribution < 1.29 is 9.47 Å². The van der Waals surface area contributed by atoms with E-state index in [1.54, 1.807) is 14.2 Å². The molecule has 1 aliphatic rings. The van der Waals surface area contributed by atoms with Gasteiger partial charge in [-0.1, -0.05) is 6.07 Å². The summed E-state index contributed by atoms with van der Waals surface area (Å²) in [5.41, 5.74) is 1.77. The third kappa shape index (κ3) is 2.50. The molecule has 0 radical (unpaired) electrons. The van der Waals surface area contributed by atoms with Gasteiger partial charge in [-0.25, -0.2) is 9.97 Å². The SMILES string of the molecule is COc1cccc(-c2cc(Br)nc(C3CC3)n2)c1OC.